The maximum atomic E-state index is 13.5. The Labute approximate surface area is 216 Å². The van der Waals surface area contributed by atoms with Gasteiger partial charge in [0.15, 0.2) is 5.69 Å². The number of benzene rings is 2. The minimum Gasteiger partial charge on any atom is -0.353 e. The molecular formula is C27H23ClF3N5O. The fourth-order valence-corrected chi connectivity index (χ4v) is 4.56. The number of rotatable bonds is 4. The molecule has 1 aliphatic heterocycles. The maximum absolute atomic E-state index is 13.5. The molecule has 4 aromatic rings. The first-order valence-corrected chi connectivity index (χ1v) is 12.1. The lowest BCUT2D eigenvalue weighted by Gasteiger charge is -2.35. The van der Waals surface area contributed by atoms with E-state index in [2.05, 4.69) is 15.0 Å². The van der Waals surface area contributed by atoms with Crippen LogP contribution in [-0.4, -0.2) is 51.8 Å². The molecular weight excluding hydrogens is 503 g/mol. The smallest absolute Gasteiger partial charge is 0.353 e. The van der Waals surface area contributed by atoms with Gasteiger partial charge in [-0.05, 0) is 49.4 Å². The Morgan fingerprint density at radius 1 is 0.919 bits per heavy atom. The normalized spacial score (nSPS) is 14.2. The van der Waals surface area contributed by atoms with Crippen molar-refractivity contribution in [1.29, 1.82) is 0 Å². The van der Waals surface area contributed by atoms with E-state index in [0.717, 1.165) is 17.6 Å². The summed E-state index contributed by atoms with van der Waals surface area (Å²) >= 11 is 6.25. The molecule has 0 aliphatic carbocycles. The van der Waals surface area contributed by atoms with Crippen molar-refractivity contribution in [3.05, 3.63) is 94.8 Å². The quantitative estimate of drug-likeness (QED) is 0.334. The molecule has 0 N–H and O–H groups in total. The highest BCUT2D eigenvalue weighted by Gasteiger charge is 2.35. The second-order valence-electron chi connectivity index (χ2n) is 8.77. The standard InChI is InChI=1S/C27H23ClF3N5O/c1-18-5-4-8-25(32-18)34-13-15-35(16-14-34)26(37)20-11-9-19(10-12-20)23-17-24(27(29,30)31)33-36(23)22-7-3-2-6-21(22)28/h2-12,17H,13-16H2,1H3. The zero-order chi connectivity index (χ0) is 26.2. The molecule has 1 fully saturated rings. The number of carbonyl (C=O) groups is 1. The molecule has 1 aliphatic rings. The number of aryl methyl sites for hydroxylation is 1. The fraction of sp³-hybridized carbons (Fsp3) is 0.222. The highest BCUT2D eigenvalue weighted by atomic mass is 35.5. The van der Waals surface area contributed by atoms with Gasteiger partial charge in [0, 0.05) is 43.0 Å². The summed E-state index contributed by atoms with van der Waals surface area (Å²) in [4.78, 5) is 21.6. The number of halogens is 4. The molecule has 2 aromatic heterocycles. The van der Waals surface area contributed by atoms with Crippen LogP contribution in [0.1, 0.15) is 21.7 Å². The van der Waals surface area contributed by atoms with Gasteiger partial charge in [0.2, 0.25) is 0 Å². The van der Waals surface area contributed by atoms with Crippen molar-refractivity contribution in [2.24, 2.45) is 0 Å². The molecule has 0 unspecified atom stereocenters. The van der Waals surface area contributed by atoms with Gasteiger partial charge < -0.3 is 9.80 Å². The molecule has 0 bridgehead atoms. The van der Waals surface area contributed by atoms with Gasteiger partial charge in [-0.25, -0.2) is 9.67 Å². The largest absolute Gasteiger partial charge is 0.435 e. The monoisotopic (exact) mass is 525 g/mol. The highest BCUT2D eigenvalue weighted by Crippen LogP contribution is 2.34. The summed E-state index contributed by atoms with van der Waals surface area (Å²) in [6.07, 6.45) is -4.62. The number of para-hydroxylation sites is 1. The van der Waals surface area contributed by atoms with E-state index >= 15 is 0 Å². The lowest BCUT2D eigenvalue weighted by molar-refractivity contribution is -0.141. The Morgan fingerprint density at radius 2 is 1.62 bits per heavy atom. The molecule has 0 saturated carbocycles. The summed E-state index contributed by atoms with van der Waals surface area (Å²) in [6, 6.07) is 19.9. The second-order valence-corrected chi connectivity index (χ2v) is 9.18. The van der Waals surface area contributed by atoms with E-state index in [1.807, 2.05) is 25.1 Å². The number of amides is 1. The van der Waals surface area contributed by atoms with E-state index in [1.165, 1.54) is 4.68 Å². The third-order valence-corrected chi connectivity index (χ3v) is 6.59. The minimum absolute atomic E-state index is 0.126. The van der Waals surface area contributed by atoms with E-state index in [1.54, 1.807) is 53.4 Å². The number of aromatic nitrogens is 3. The molecule has 0 spiro atoms. The Bertz CT molecular complexity index is 1430. The van der Waals surface area contributed by atoms with Gasteiger partial charge in [-0.3, -0.25) is 4.79 Å². The first-order valence-electron chi connectivity index (χ1n) is 11.7. The number of hydrogen-bond donors (Lipinski definition) is 0. The molecule has 10 heteroatoms. The van der Waals surface area contributed by atoms with Crippen molar-refractivity contribution < 1.29 is 18.0 Å². The fourth-order valence-electron chi connectivity index (χ4n) is 4.34. The van der Waals surface area contributed by atoms with E-state index in [0.29, 0.717) is 43.0 Å². The van der Waals surface area contributed by atoms with Gasteiger partial charge in [0.25, 0.3) is 5.91 Å². The Hall–Kier alpha value is -3.85. The zero-order valence-corrected chi connectivity index (χ0v) is 20.7. The van der Waals surface area contributed by atoms with E-state index < -0.39 is 11.9 Å². The predicted molar refractivity (Wildman–Crippen MR) is 136 cm³/mol. The van der Waals surface area contributed by atoms with Gasteiger partial charge in [-0.1, -0.05) is 41.9 Å². The average molecular weight is 526 g/mol. The second kappa shape index (κ2) is 9.89. The topological polar surface area (TPSA) is 54.3 Å². The SMILES string of the molecule is Cc1cccc(N2CCN(C(=O)c3ccc(-c4cc(C(F)(F)F)nn4-c4ccccc4Cl)cc3)CC2)n1. The van der Waals surface area contributed by atoms with Crippen LogP contribution in [0.25, 0.3) is 16.9 Å². The summed E-state index contributed by atoms with van der Waals surface area (Å²) in [6.45, 7) is 4.36. The van der Waals surface area contributed by atoms with Crippen LogP contribution in [0.15, 0.2) is 72.8 Å². The zero-order valence-electron chi connectivity index (χ0n) is 19.9. The first-order chi connectivity index (χ1) is 17.7. The summed E-state index contributed by atoms with van der Waals surface area (Å²) in [5, 5.41) is 4.05. The summed E-state index contributed by atoms with van der Waals surface area (Å²) in [5.74, 6) is 0.767. The van der Waals surface area contributed by atoms with Crippen molar-refractivity contribution in [3.63, 3.8) is 0 Å². The third kappa shape index (κ3) is 5.17. The Morgan fingerprint density at radius 3 is 2.27 bits per heavy atom. The van der Waals surface area contributed by atoms with Crippen LogP contribution in [0.2, 0.25) is 5.02 Å². The van der Waals surface area contributed by atoms with Crippen LogP contribution in [0, 0.1) is 6.92 Å². The lowest BCUT2D eigenvalue weighted by atomic mass is 10.1. The molecule has 0 radical (unpaired) electrons. The van der Waals surface area contributed by atoms with Gasteiger partial charge in [0.1, 0.15) is 5.82 Å². The van der Waals surface area contributed by atoms with Gasteiger partial charge in [-0.15, -0.1) is 0 Å². The molecule has 0 atom stereocenters. The van der Waals surface area contributed by atoms with Crippen LogP contribution in [0.5, 0.6) is 0 Å². The maximum Gasteiger partial charge on any atom is 0.435 e. The average Bonchev–Trinajstić information content (AvgIpc) is 3.35. The summed E-state index contributed by atoms with van der Waals surface area (Å²) in [7, 11) is 0. The van der Waals surface area contributed by atoms with Crippen LogP contribution >= 0.6 is 11.6 Å². The van der Waals surface area contributed by atoms with Gasteiger partial charge in [0.05, 0.1) is 16.4 Å². The minimum atomic E-state index is -4.62. The molecule has 2 aromatic carbocycles. The van der Waals surface area contributed by atoms with Crippen LogP contribution in [0.3, 0.4) is 0 Å². The van der Waals surface area contributed by atoms with Crippen molar-refractivity contribution in [3.8, 4) is 16.9 Å². The number of alkyl halides is 3. The Kier molecular flexibility index (Phi) is 6.64. The van der Waals surface area contributed by atoms with Crippen LogP contribution in [0.4, 0.5) is 19.0 Å². The van der Waals surface area contributed by atoms with Crippen molar-refractivity contribution in [2.45, 2.75) is 13.1 Å². The van der Waals surface area contributed by atoms with E-state index in [9.17, 15) is 18.0 Å². The summed E-state index contributed by atoms with van der Waals surface area (Å²) in [5.41, 5.74) is 1.41. The molecule has 3 heterocycles. The molecule has 1 saturated heterocycles. The molecule has 1 amide bonds. The molecule has 190 valence electrons. The van der Waals surface area contributed by atoms with Crippen LogP contribution < -0.4 is 4.90 Å². The highest BCUT2D eigenvalue weighted by molar-refractivity contribution is 6.32. The van der Waals surface area contributed by atoms with Crippen molar-refractivity contribution >= 4 is 23.3 Å². The number of hydrogen-bond acceptors (Lipinski definition) is 4. The number of carbonyl (C=O) groups excluding carboxylic acids is 1. The number of piperazine rings is 1. The predicted octanol–water partition coefficient (Wildman–Crippen LogP) is 5.88. The Balaban J connectivity index is 1.36. The molecule has 5 rings (SSSR count). The molecule has 37 heavy (non-hydrogen) atoms. The number of pyridine rings is 1. The molecule has 6 nitrogen and oxygen atoms in total. The summed E-state index contributed by atoms with van der Waals surface area (Å²) < 4.78 is 41.6. The first kappa shape index (κ1) is 24.8. The lowest BCUT2D eigenvalue weighted by Crippen LogP contribution is -2.49. The van der Waals surface area contributed by atoms with E-state index in [4.69, 9.17) is 11.6 Å². The van der Waals surface area contributed by atoms with Crippen molar-refractivity contribution in [1.82, 2.24) is 19.7 Å². The number of anilines is 1. The number of nitrogens with zero attached hydrogens (tertiary/aromatic N) is 5. The van der Waals surface area contributed by atoms with E-state index in [-0.39, 0.29) is 16.6 Å². The van der Waals surface area contributed by atoms with Crippen molar-refractivity contribution in [2.75, 3.05) is 31.1 Å². The third-order valence-electron chi connectivity index (χ3n) is 6.27. The van der Waals surface area contributed by atoms with Gasteiger partial charge in [-0.2, -0.15) is 18.3 Å². The van der Waals surface area contributed by atoms with Crippen LogP contribution in [-0.2, 0) is 6.18 Å². The van der Waals surface area contributed by atoms with Gasteiger partial charge >= 0.3 is 6.18 Å².